The van der Waals surface area contributed by atoms with E-state index >= 15 is 0 Å². The lowest BCUT2D eigenvalue weighted by molar-refractivity contribution is -0.119. The number of fused-ring (bicyclic) bond motifs is 1. The van der Waals surface area contributed by atoms with E-state index in [0.717, 1.165) is 16.3 Å². The van der Waals surface area contributed by atoms with Crippen LogP contribution in [0.4, 0.5) is 0 Å². The van der Waals surface area contributed by atoms with Gasteiger partial charge in [0.1, 0.15) is 17.3 Å². The molecule has 5 nitrogen and oxygen atoms in total. The number of carbonyl (C=O) groups is 1. The van der Waals surface area contributed by atoms with E-state index in [2.05, 4.69) is 5.32 Å². The molecule has 0 atom stereocenters. The molecule has 0 heterocycles. The van der Waals surface area contributed by atoms with Crippen molar-refractivity contribution in [3.05, 3.63) is 71.8 Å². The first-order chi connectivity index (χ1) is 12.1. The number of hydrogen-bond donors (Lipinski definition) is 3. The van der Waals surface area contributed by atoms with Gasteiger partial charge in [-0.3, -0.25) is 10.2 Å². The zero-order chi connectivity index (χ0) is 17.8. The fourth-order valence-electron chi connectivity index (χ4n) is 2.59. The monoisotopic (exact) mass is 333 g/mol. The molecule has 5 heteroatoms. The van der Waals surface area contributed by atoms with Crippen LogP contribution in [-0.4, -0.2) is 18.8 Å². The number of para-hydroxylation sites is 1. The van der Waals surface area contributed by atoms with E-state index in [9.17, 15) is 4.79 Å². The molecule has 25 heavy (non-hydrogen) atoms. The SMILES string of the molecule is CNC(=O)Cc1ccccc1Oc1ccc2cc(C(=N)N)ccc2c1. The summed E-state index contributed by atoms with van der Waals surface area (Å²) in [6.45, 7) is 0. The molecule has 0 aliphatic heterocycles. The normalized spacial score (nSPS) is 10.4. The van der Waals surface area contributed by atoms with Gasteiger partial charge in [0.15, 0.2) is 0 Å². The molecule has 0 fully saturated rings. The molecule has 0 aromatic heterocycles. The number of nitrogens with one attached hydrogen (secondary N) is 2. The molecular formula is C20H19N3O2. The number of amides is 1. The van der Waals surface area contributed by atoms with Gasteiger partial charge in [0, 0.05) is 18.2 Å². The third-order valence-electron chi connectivity index (χ3n) is 3.95. The highest BCUT2D eigenvalue weighted by Crippen LogP contribution is 2.28. The number of benzene rings is 3. The van der Waals surface area contributed by atoms with Crippen LogP contribution in [0, 0.1) is 5.41 Å². The zero-order valence-electron chi connectivity index (χ0n) is 13.9. The molecule has 0 saturated heterocycles. The standard InChI is InChI=1S/C20H19N3O2/c1-23-19(24)12-15-4-2-3-5-18(15)25-17-9-8-13-10-16(20(21)22)7-6-14(13)11-17/h2-11H,12H2,1H3,(H3,21,22)(H,23,24). The maximum atomic E-state index is 11.7. The molecule has 0 radical (unpaired) electrons. The summed E-state index contributed by atoms with van der Waals surface area (Å²) in [5.41, 5.74) is 7.05. The number of nitrogen functional groups attached to an aromatic ring is 1. The van der Waals surface area contributed by atoms with Crippen molar-refractivity contribution < 1.29 is 9.53 Å². The Labute approximate surface area is 145 Å². The average Bonchev–Trinajstić information content (AvgIpc) is 2.62. The van der Waals surface area contributed by atoms with Crippen molar-refractivity contribution in [2.45, 2.75) is 6.42 Å². The van der Waals surface area contributed by atoms with Crippen molar-refractivity contribution in [2.75, 3.05) is 7.05 Å². The predicted octanol–water partition coefficient (Wildman–Crippen LogP) is 3.20. The van der Waals surface area contributed by atoms with Crippen molar-refractivity contribution in [2.24, 2.45) is 5.73 Å². The highest BCUT2D eigenvalue weighted by Gasteiger charge is 2.09. The van der Waals surface area contributed by atoms with Gasteiger partial charge in [-0.05, 0) is 35.0 Å². The largest absolute Gasteiger partial charge is 0.457 e. The summed E-state index contributed by atoms with van der Waals surface area (Å²) in [7, 11) is 1.62. The number of likely N-dealkylation sites (N-methyl/N-ethyl adjacent to an activating group) is 1. The molecule has 0 bridgehead atoms. The molecule has 3 aromatic rings. The second-order valence-electron chi connectivity index (χ2n) is 5.70. The van der Waals surface area contributed by atoms with Gasteiger partial charge >= 0.3 is 0 Å². The minimum atomic E-state index is -0.0636. The third kappa shape index (κ3) is 3.77. The molecule has 0 aliphatic rings. The van der Waals surface area contributed by atoms with Crippen LogP contribution in [0.2, 0.25) is 0 Å². The highest BCUT2D eigenvalue weighted by atomic mass is 16.5. The van der Waals surface area contributed by atoms with E-state index in [1.54, 1.807) is 7.05 Å². The van der Waals surface area contributed by atoms with Crippen molar-refractivity contribution in [3.63, 3.8) is 0 Å². The molecule has 3 aromatic carbocycles. The van der Waals surface area contributed by atoms with Crippen LogP contribution < -0.4 is 15.8 Å². The lowest BCUT2D eigenvalue weighted by Gasteiger charge is -2.11. The van der Waals surface area contributed by atoms with Crippen LogP contribution in [0.1, 0.15) is 11.1 Å². The number of hydrogen-bond acceptors (Lipinski definition) is 3. The summed E-state index contributed by atoms with van der Waals surface area (Å²) in [5, 5.41) is 12.1. The number of rotatable bonds is 5. The molecule has 4 N–H and O–H groups in total. The molecule has 126 valence electrons. The van der Waals surface area contributed by atoms with Gasteiger partial charge in [0.05, 0.1) is 6.42 Å². The molecule has 0 unspecified atom stereocenters. The Kier molecular flexibility index (Phi) is 4.66. The van der Waals surface area contributed by atoms with E-state index in [1.807, 2.05) is 60.7 Å². The molecular weight excluding hydrogens is 314 g/mol. The van der Waals surface area contributed by atoms with Crippen molar-refractivity contribution in [1.82, 2.24) is 5.32 Å². The summed E-state index contributed by atoms with van der Waals surface area (Å²) in [5.74, 6) is 1.33. The van der Waals surface area contributed by atoms with Crippen LogP contribution in [-0.2, 0) is 11.2 Å². The summed E-state index contributed by atoms with van der Waals surface area (Å²) < 4.78 is 5.99. The van der Waals surface area contributed by atoms with Crippen molar-refractivity contribution >= 4 is 22.5 Å². The van der Waals surface area contributed by atoms with Crippen LogP contribution in [0.15, 0.2) is 60.7 Å². The minimum Gasteiger partial charge on any atom is -0.457 e. The molecule has 3 rings (SSSR count). The second-order valence-corrected chi connectivity index (χ2v) is 5.70. The Balaban J connectivity index is 1.89. The van der Waals surface area contributed by atoms with Crippen molar-refractivity contribution in [1.29, 1.82) is 5.41 Å². The van der Waals surface area contributed by atoms with Crippen LogP contribution in [0.25, 0.3) is 10.8 Å². The maximum absolute atomic E-state index is 11.7. The quantitative estimate of drug-likeness (QED) is 0.495. The smallest absolute Gasteiger partial charge is 0.224 e. The molecule has 1 amide bonds. The molecule has 0 spiro atoms. The van der Waals surface area contributed by atoms with Crippen LogP contribution in [0.5, 0.6) is 11.5 Å². The first kappa shape index (κ1) is 16.5. The zero-order valence-corrected chi connectivity index (χ0v) is 13.9. The first-order valence-corrected chi connectivity index (χ1v) is 7.91. The Hall–Kier alpha value is -3.34. The van der Waals surface area contributed by atoms with E-state index < -0.39 is 0 Å². The van der Waals surface area contributed by atoms with E-state index in [4.69, 9.17) is 15.9 Å². The van der Waals surface area contributed by atoms with Gasteiger partial charge in [0.25, 0.3) is 0 Å². The maximum Gasteiger partial charge on any atom is 0.224 e. The van der Waals surface area contributed by atoms with Gasteiger partial charge < -0.3 is 15.8 Å². The Morgan fingerprint density at radius 2 is 1.80 bits per heavy atom. The second kappa shape index (κ2) is 7.05. The Morgan fingerprint density at radius 3 is 2.56 bits per heavy atom. The molecule has 0 saturated carbocycles. The lowest BCUT2D eigenvalue weighted by Crippen LogP contribution is -2.20. The molecule has 0 aliphatic carbocycles. The predicted molar refractivity (Wildman–Crippen MR) is 99.3 cm³/mol. The summed E-state index contributed by atoms with van der Waals surface area (Å²) >= 11 is 0. The summed E-state index contributed by atoms with van der Waals surface area (Å²) in [6.07, 6.45) is 0.266. The topological polar surface area (TPSA) is 88.2 Å². The highest BCUT2D eigenvalue weighted by molar-refractivity contribution is 5.99. The summed E-state index contributed by atoms with van der Waals surface area (Å²) in [4.78, 5) is 11.7. The van der Waals surface area contributed by atoms with Gasteiger partial charge in [-0.25, -0.2) is 0 Å². The van der Waals surface area contributed by atoms with Gasteiger partial charge in [0.2, 0.25) is 5.91 Å². The van der Waals surface area contributed by atoms with Crippen molar-refractivity contribution in [3.8, 4) is 11.5 Å². The van der Waals surface area contributed by atoms with Gasteiger partial charge in [-0.2, -0.15) is 0 Å². The fourth-order valence-corrected chi connectivity index (χ4v) is 2.59. The Bertz CT molecular complexity index is 951. The lowest BCUT2D eigenvalue weighted by atomic mass is 10.1. The van der Waals surface area contributed by atoms with E-state index in [0.29, 0.717) is 17.1 Å². The fraction of sp³-hybridized carbons (Fsp3) is 0.100. The third-order valence-corrected chi connectivity index (χ3v) is 3.95. The number of amidine groups is 1. The number of ether oxygens (including phenoxy) is 1. The van der Waals surface area contributed by atoms with E-state index in [-0.39, 0.29) is 18.2 Å². The number of nitrogens with two attached hydrogens (primary N) is 1. The van der Waals surface area contributed by atoms with Gasteiger partial charge in [-0.1, -0.05) is 36.4 Å². The van der Waals surface area contributed by atoms with Crippen LogP contribution >= 0.6 is 0 Å². The van der Waals surface area contributed by atoms with E-state index in [1.165, 1.54) is 0 Å². The Morgan fingerprint density at radius 1 is 1.08 bits per heavy atom. The number of carbonyl (C=O) groups excluding carboxylic acids is 1. The average molecular weight is 333 g/mol. The minimum absolute atomic E-state index is 0.0466. The van der Waals surface area contributed by atoms with Crippen LogP contribution in [0.3, 0.4) is 0 Å². The summed E-state index contributed by atoms with van der Waals surface area (Å²) in [6, 6.07) is 18.8. The first-order valence-electron chi connectivity index (χ1n) is 7.91. The van der Waals surface area contributed by atoms with Gasteiger partial charge in [-0.15, -0.1) is 0 Å².